The van der Waals surface area contributed by atoms with E-state index in [1.54, 1.807) is 31.2 Å². The molecule has 0 aromatic heterocycles. The van der Waals surface area contributed by atoms with Crippen LogP contribution in [0.25, 0.3) is 0 Å². The SMILES string of the molecule is CCOC(=O)[C@@H]1C(=O)NC(SCC(=O)Nc2ccc(Br)cc2)=C(C#N)[C@H]1c1ccccc1[N+](=O)[O-]. The van der Waals surface area contributed by atoms with Crippen molar-refractivity contribution in [3.8, 4) is 6.07 Å². The van der Waals surface area contributed by atoms with Crippen LogP contribution in [0.3, 0.4) is 0 Å². The highest BCUT2D eigenvalue weighted by molar-refractivity contribution is 9.10. The lowest BCUT2D eigenvalue weighted by molar-refractivity contribution is -0.385. The summed E-state index contributed by atoms with van der Waals surface area (Å²) in [7, 11) is 0. The number of carbonyl (C=O) groups excluding carboxylic acids is 3. The van der Waals surface area contributed by atoms with Crippen molar-refractivity contribution in [2.24, 2.45) is 5.92 Å². The number of rotatable bonds is 8. The smallest absolute Gasteiger partial charge is 0.319 e. The van der Waals surface area contributed by atoms with Crippen LogP contribution in [0.15, 0.2) is 63.6 Å². The van der Waals surface area contributed by atoms with Gasteiger partial charge in [-0.05, 0) is 31.2 Å². The van der Waals surface area contributed by atoms with Crippen LogP contribution >= 0.6 is 27.7 Å². The van der Waals surface area contributed by atoms with Gasteiger partial charge >= 0.3 is 5.97 Å². The first-order valence-corrected chi connectivity index (χ1v) is 12.1. The standard InChI is InChI=1S/C23H19BrN4O6S/c1-2-34-23(31)20-19(15-5-3-4-6-17(15)28(32)33)16(11-25)22(27-21(20)30)35-12-18(29)26-14-9-7-13(24)8-10-14/h3-10,19-20H,2,12H2,1H3,(H,26,29)(H,27,30)/t19-,20+/m1/s1. The molecular formula is C23H19BrN4O6S. The molecule has 2 N–H and O–H groups in total. The van der Waals surface area contributed by atoms with Gasteiger partial charge in [0, 0.05) is 21.8 Å². The number of esters is 1. The number of benzene rings is 2. The molecule has 1 aliphatic heterocycles. The number of nitro benzene ring substituents is 1. The van der Waals surface area contributed by atoms with E-state index in [-0.39, 0.29) is 34.2 Å². The van der Waals surface area contributed by atoms with E-state index in [0.717, 1.165) is 16.2 Å². The number of nitriles is 1. The van der Waals surface area contributed by atoms with E-state index in [1.165, 1.54) is 24.3 Å². The number of nitrogens with zero attached hydrogens (tertiary/aromatic N) is 2. The Hall–Kier alpha value is -3.69. The number of thioether (sulfide) groups is 1. The average Bonchev–Trinajstić information content (AvgIpc) is 2.83. The Bertz CT molecular complexity index is 1240. The topological polar surface area (TPSA) is 151 Å². The molecule has 0 saturated carbocycles. The Balaban J connectivity index is 1.97. The van der Waals surface area contributed by atoms with Gasteiger partial charge in [-0.3, -0.25) is 24.5 Å². The molecule has 180 valence electrons. The van der Waals surface area contributed by atoms with Gasteiger partial charge < -0.3 is 15.4 Å². The Kier molecular flexibility index (Phi) is 8.62. The molecule has 2 aromatic rings. The summed E-state index contributed by atoms with van der Waals surface area (Å²) in [6.07, 6.45) is 0. The number of allylic oxidation sites excluding steroid dienone is 1. The van der Waals surface area contributed by atoms with Gasteiger partial charge in [-0.1, -0.05) is 45.9 Å². The number of nitrogens with one attached hydrogen (secondary N) is 2. The van der Waals surface area contributed by atoms with E-state index in [9.17, 15) is 29.8 Å². The van der Waals surface area contributed by atoms with Crippen LogP contribution in [0.5, 0.6) is 0 Å². The van der Waals surface area contributed by atoms with E-state index in [4.69, 9.17) is 4.74 Å². The highest BCUT2D eigenvalue weighted by atomic mass is 79.9. The number of nitro groups is 1. The highest BCUT2D eigenvalue weighted by Crippen LogP contribution is 2.43. The average molecular weight is 559 g/mol. The van der Waals surface area contributed by atoms with Crippen molar-refractivity contribution < 1.29 is 24.0 Å². The van der Waals surface area contributed by atoms with Gasteiger partial charge in [0.25, 0.3) is 5.69 Å². The molecule has 0 radical (unpaired) electrons. The maximum atomic E-state index is 13.0. The number of hydrogen-bond acceptors (Lipinski definition) is 8. The molecule has 0 spiro atoms. The second kappa shape index (κ2) is 11.6. The van der Waals surface area contributed by atoms with Gasteiger partial charge in [0.2, 0.25) is 11.8 Å². The van der Waals surface area contributed by atoms with Crippen molar-refractivity contribution in [2.75, 3.05) is 17.7 Å². The highest BCUT2D eigenvalue weighted by Gasteiger charge is 2.46. The van der Waals surface area contributed by atoms with E-state index in [2.05, 4.69) is 26.6 Å². The molecular weight excluding hydrogens is 540 g/mol. The Labute approximate surface area is 213 Å². The molecule has 10 nitrogen and oxygen atoms in total. The zero-order valence-corrected chi connectivity index (χ0v) is 20.7. The fourth-order valence-corrected chi connectivity index (χ4v) is 4.66. The lowest BCUT2D eigenvalue weighted by Crippen LogP contribution is -2.44. The molecule has 0 unspecified atom stereocenters. The number of ether oxygens (including phenoxy) is 1. The minimum atomic E-state index is -1.51. The molecule has 12 heteroatoms. The predicted octanol–water partition coefficient (Wildman–Crippen LogP) is 3.86. The maximum Gasteiger partial charge on any atom is 0.319 e. The summed E-state index contributed by atoms with van der Waals surface area (Å²) < 4.78 is 5.87. The first-order valence-electron chi connectivity index (χ1n) is 10.3. The number of hydrogen-bond donors (Lipinski definition) is 2. The van der Waals surface area contributed by atoms with Gasteiger partial charge in [-0.15, -0.1) is 0 Å². The number of anilines is 1. The predicted molar refractivity (Wildman–Crippen MR) is 132 cm³/mol. The third kappa shape index (κ3) is 6.06. The molecule has 2 aromatic carbocycles. The van der Waals surface area contributed by atoms with Crippen LogP contribution in [0.4, 0.5) is 11.4 Å². The molecule has 0 fully saturated rings. The minimum absolute atomic E-state index is 0.0182. The molecule has 0 aliphatic carbocycles. The summed E-state index contributed by atoms with van der Waals surface area (Å²) in [5.74, 6) is -5.01. The van der Waals surface area contributed by atoms with E-state index in [1.807, 2.05) is 6.07 Å². The first-order chi connectivity index (χ1) is 16.8. The summed E-state index contributed by atoms with van der Waals surface area (Å²) >= 11 is 4.20. The summed E-state index contributed by atoms with van der Waals surface area (Å²) in [6.45, 7) is 1.54. The van der Waals surface area contributed by atoms with Crippen LogP contribution in [0.1, 0.15) is 18.4 Å². The summed E-state index contributed by atoms with van der Waals surface area (Å²) in [6, 6.07) is 14.5. The molecule has 1 heterocycles. The van der Waals surface area contributed by atoms with Crippen molar-refractivity contribution in [3.63, 3.8) is 0 Å². The maximum absolute atomic E-state index is 13.0. The van der Waals surface area contributed by atoms with Crippen molar-refractivity contribution >= 4 is 56.9 Å². The third-order valence-corrected chi connectivity index (χ3v) is 6.56. The molecule has 0 saturated heterocycles. The Morgan fingerprint density at radius 3 is 2.57 bits per heavy atom. The van der Waals surface area contributed by atoms with Gasteiger partial charge in [0.05, 0.1) is 39.9 Å². The van der Waals surface area contributed by atoms with Crippen LogP contribution in [-0.4, -0.2) is 35.1 Å². The molecule has 2 atom stereocenters. The van der Waals surface area contributed by atoms with Crippen molar-refractivity contribution in [1.29, 1.82) is 5.26 Å². The largest absolute Gasteiger partial charge is 0.465 e. The van der Waals surface area contributed by atoms with Crippen molar-refractivity contribution in [2.45, 2.75) is 12.8 Å². The van der Waals surface area contributed by atoms with Crippen molar-refractivity contribution in [1.82, 2.24) is 5.32 Å². The molecule has 0 bridgehead atoms. The zero-order valence-electron chi connectivity index (χ0n) is 18.3. The van der Waals surface area contributed by atoms with Gasteiger partial charge in [0.1, 0.15) is 5.92 Å². The van der Waals surface area contributed by atoms with Crippen molar-refractivity contribution in [3.05, 3.63) is 79.3 Å². The number of carbonyl (C=O) groups is 3. The van der Waals surface area contributed by atoms with Crippen LogP contribution in [0.2, 0.25) is 0 Å². The molecule has 1 aliphatic rings. The fourth-order valence-electron chi connectivity index (χ4n) is 3.55. The van der Waals surface area contributed by atoms with Crippen LogP contribution in [0, 0.1) is 27.4 Å². The normalized spacial score (nSPS) is 17.2. The first kappa shape index (κ1) is 25.9. The summed E-state index contributed by atoms with van der Waals surface area (Å²) in [4.78, 5) is 49.1. The Morgan fingerprint density at radius 1 is 1.26 bits per heavy atom. The van der Waals surface area contributed by atoms with E-state index in [0.29, 0.717) is 5.69 Å². The van der Waals surface area contributed by atoms with Gasteiger partial charge in [-0.25, -0.2) is 0 Å². The lowest BCUT2D eigenvalue weighted by Gasteiger charge is -2.30. The van der Waals surface area contributed by atoms with E-state index < -0.39 is 34.5 Å². The molecule has 2 amide bonds. The quantitative estimate of drug-likeness (QED) is 0.214. The molecule has 35 heavy (non-hydrogen) atoms. The monoisotopic (exact) mass is 558 g/mol. The molecule has 3 rings (SSSR count). The Morgan fingerprint density at radius 2 is 1.94 bits per heavy atom. The third-order valence-electron chi connectivity index (χ3n) is 5.01. The zero-order chi connectivity index (χ0) is 25.5. The van der Waals surface area contributed by atoms with E-state index >= 15 is 0 Å². The number of halogens is 1. The van der Waals surface area contributed by atoms with Gasteiger partial charge in [-0.2, -0.15) is 5.26 Å². The second-order valence-corrected chi connectivity index (χ2v) is 9.11. The summed E-state index contributed by atoms with van der Waals surface area (Å²) in [5.41, 5.74) is 0.172. The lowest BCUT2D eigenvalue weighted by atomic mass is 9.78. The second-order valence-electron chi connectivity index (χ2n) is 7.21. The number of para-hydroxylation sites is 1. The van der Waals surface area contributed by atoms with Gasteiger partial charge in [0.15, 0.2) is 0 Å². The fraction of sp³-hybridized carbons (Fsp3) is 0.217. The minimum Gasteiger partial charge on any atom is -0.465 e. The van der Waals surface area contributed by atoms with Crippen LogP contribution in [-0.2, 0) is 19.1 Å². The summed E-state index contributed by atoms with van der Waals surface area (Å²) in [5, 5.41) is 26.9. The van der Waals surface area contributed by atoms with Crippen LogP contribution < -0.4 is 10.6 Å². The number of amides is 2.